The molecule has 1 N–H and O–H groups in total. The number of aliphatic hydroxyl groups is 1. The Bertz CT molecular complexity index is 2070. The van der Waals surface area contributed by atoms with Crippen molar-refractivity contribution in [1.82, 2.24) is 0 Å². The van der Waals surface area contributed by atoms with Crippen molar-refractivity contribution in [3.05, 3.63) is 170 Å². The summed E-state index contributed by atoms with van der Waals surface area (Å²) in [6.45, 7) is 4.60. The van der Waals surface area contributed by atoms with E-state index >= 15 is 0 Å². The zero-order valence-electron chi connectivity index (χ0n) is 34.7. The van der Waals surface area contributed by atoms with Crippen LogP contribution in [0, 0.1) is 3.57 Å². The largest absolute Gasteiger partial charge is 0.462 e. The standard InChI is InChI=1S/C14H16O2.C12H14O.C12H12O.C9H9IO2.C5H8/c1-2-16-14(15)13-9-5-8-12(10-13)11-6-3-4-7-11;2*13-9-10-4-3-7-12(8-10)11-5-1-2-6-11;1-2-12-9(11)7-4-3-5-8(10)6-7;1-2-4-5-3-1/h5-6,8-10H,2-4,7H2,1H3;3-5,7-8,13H,1-2,6,9H2;3-5,7-9H,1-2,6H2;3-6H,2H2,1H3;1-2H,3-5H2. The highest BCUT2D eigenvalue weighted by Crippen LogP contribution is 2.30. The fourth-order valence-corrected chi connectivity index (χ4v) is 7.50. The van der Waals surface area contributed by atoms with Gasteiger partial charge in [0, 0.05) is 9.13 Å². The average Bonchev–Trinajstić information content (AvgIpc) is 4.14. The predicted molar refractivity (Wildman–Crippen MR) is 250 cm³/mol. The maximum Gasteiger partial charge on any atom is 0.338 e. The number of allylic oxidation sites excluding steroid dienone is 8. The van der Waals surface area contributed by atoms with Gasteiger partial charge >= 0.3 is 11.9 Å². The fourth-order valence-electron chi connectivity index (χ4n) is 6.96. The molecule has 0 heterocycles. The van der Waals surface area contributed by atoms with Gasteiger partial charge in [0.05, 0.1) is 30.9 Å². The Morgan fingerprint density at radius 2 is 1.07 bits per heavy atom. The van der Waals surface area contributed by atoms with Crippen molar-refractivity contribution in [3.8, 4) is 0 Å². The second-order valence-electron chi connectivity index (χ2n) is 14.4. The first kappa shape index (κ1) is 46.8. The SMILES string of the molecule is C1=CCCC1.CCOC(=O)c1cccc(C2=CCCC2)c1.CCOC(=O)c1cccc(I)c1.O=Cc1cccc(C2=CCCC2)c1.OCc1cccc(C2=CCCC2)c1. The number of hydrogen-bond donors (Lipinski definition) is 1. The zero-order valence-corrected chi connectivity index (χ0v) is 36.8. The van der Waals surface area contributed by atoms with Gasteiger partial charge in [-0.3, -0.25) is 4.79 Å². The van der Waals surface area contributed by atoms with Crippen molar-refractivity contribution in [2.45, 2.75) is 97.5 Å². The van der Waals surface area contributed by atoms with E-state index in [1.165, 1.54) is 85.6 Å². The molecule has 0 aromatic heterocycles. The van der Waals surface area contributed by atoms with Crippen LogP contribution in [0.25, 0.3) is 16.7 Å². The number of halogens is 1. The molecule has 4 aromatic rings. The van der Waals surface area contributed by atoms with Gasteiger partial charge in [-0.1, -0.05) is 85.0 Å². The van der Waals surface area contributed by atoms with Gasteiger partial charge in [-0.25, -0.2) is 9.59 Å². The van der Waals surface area contributed by atoms with E-state index in [4.69, 9.17) is 14.6 Å². The maximum atomic E-state index is 11.6. The lowest BCUT2D eigenvalue weighted by atomic mass is 10.0. The number of aliphatic hydroxyl groups excluding tert-OH is 1. The molecule has 4 aliphatic rings. The van der Waals surface area contributed by atoms with Crippen LogP contribution in [0.3, 0.4) is 0 Å². The topological polar surface area (TPSA) is 89.9 Å². The summed E-state index contributed by atoms with van der Waals surface area (Å²) in [6, 6.07) is 31.0. The first-order valence-electron chi connectivity index (χ1n) is 21.0. The first-order valence-corrected chi connectivity index (χ1v) is 22.1. The summed E-state index contributed by atoms with van der Waals surface area (Å²) in [5.41, 5.74) is 10.9. The van der Waals surface area contributed by atoms with Gasteiger partial charge in [-0.15, -0.1) is 0 Å². The van der Waals surface area contributed by atoms with Gasteiger partial charge < -0.3 is 14.6 Å². The number of benzene rings is 4. The van der Waals surface area contributed by atoms with Gasteiger partial charge in [-0.2, -0.15) is 0 Å². The van der Waals surface area contributed by atoms with Crippen molar-refractivity contribution < 1.29 is 29.0 Å². The first-order chi connectivity index (χ1) is 28.8. The van der Waals surface area contributed by atoms with E-state index in [9.17, 15) is 14.4 Å². The molecule has 0 aliphatic heterocycles. The van der Waals surface area contributed by atoms with Crippen LogP contribution in [-0.2, 0) is 16.1 Å². The third kappa shape index (κ3) is 16.7. The number of aldehydes is 1. The van der Waals surface area contributed by atoms with Crippen LogP contribution >= 0.6 is 22.6 Å². The van der Waals surface area contributed by atoms with Crippen LogP contribution in [0.5, 0.6) is 0 Å². The van der Waals surface area contributed by atoms with Gasteiger partial charge in [0.25, 0.3) is 0 Å². The van der Waals surface area contributed by atoms with E-state index in [-0.39, 0.29) is 18.5 Å². The highest BCUT2D eigenvalue weighted by molar-refractivity contribution is 14.1. The monoisotopic (exact) mass is 906 g/mol. The molecule has 0 atom stereocenters. The fraction of sp³-hybridized carbons (Fsp3) is 0.327. The normalized spacial score (nSPS) is 14.6. The van der Waals surface area contributed by atoms with Gasteiger partial charge in [0.2, 0.25) is 0 Å². The van der Waals surface area contributed by atoms with Crippen LogP contribution in [0.15, 0.2) is 127 Å². The Morgan fingerprint density at radius 3 is 1.51 bits per heavy atom. The zero-order chi connectivity index (χ0) is 42.1. The van der Waals surface area contributed by atoms with E-state index in [2.05, 4.69) is 77.2 Å². The Balaban J connectivity index is 0.000000168. The van der Waals surface area contributed by atoms with E-state index in [0.29, 0.717) is 24.3 Å². The van der Waals surface area contributed by atoms with E-state index < -0.39 is 0 Å². The molecule has 4 aliphatic carbocycles. The molecule has 0 fully saturated rings. The van der Waals surface area contributed by atoms with Crippen molar-refractivity contribution in [1.29, 1.82) is 0 Å². The number of rotatable bonds is 9. The molecule has 8 rings (SSSR count). The van der Waals surface area contributed by atoms with Crippen molar-refractivity contribution >= 4 is 57.5 Å². The van der Waals surface area contributed by atoms with Gasteiger partial charge in [-0.05, 0) is 195 Å². The predicted octanol–water partition coefficient (Wildman–Crippen LogP) is 13.4. The minimum absolute atomic E-state index is 0.140. The van der Waals surface area contributed by atoms with E-state index in [1.807, 2.05) is 61.5 Å². The highest BCUT2D eigenvalue weighted by atomic mass is 127. The van der Waals surface area contributed by atoms with Crippen molar-refractivity contribution in [2.24, 2.45) is 0 Å². The Labute approximate surface area is 365 Å². The lowest BCUT2D eigenvalue weighted by Gasteiger charge is -2.05. The molecule has 0 unspecified atom stereocenters. The minimum atomic E-state index is -0.254. The molecular formula is C52H59IO6. The van der Waals surface area contributed by atoms with Crippen LogP contribution in [0.1, 0.15) is 144 Å². The quantitative estimate of drug-likeness (QED) is 0.0779. The minimum Gasteiger partial charge on any atom is -0.462 e. The smallest absolute Gasteiger partial charge is 0.338 e. The molecule has 7 heteroatoms. The second kappa shape index (κ2) is 27.0. The summed E-state index contributed by atoms with van der Waals surface area (Å²) in [6.07, 6.45) is 27.0. The molecule has 0 radical (unpaired) electrons. The third-order valence-electron chi connectivity index (χ3n) is 9.99. The lowest BCUT2D eigenvalue weighted by molar-refractivity contribution is 0.0516. The number of carbonyl (C=O) groups is 3. The van der Waals surface area contributed by atoms with Crippen LogP contribution in [0.2, 0.25) is 0 Å². The maximum absolute atomic E-state index is 11.6. The summed E-state index contributed by atoms with van der Waals surface area (Å²) < 4.78 is 10.9. The Hall–Kier alpha value is -4.86. The number of ether oxygens (including phenoxy) is 2. The summed E-state index contributed by atoms with van der Waals surface area (Å²) in [5.74, 6) is -0.487. The van der Waals surface area contributed by atoms with Crippen LogP contribution < -0.4 is 0 Å². The molecule has 6 nitrogen and oxygen atoms in total. The van der Waals surface area contributed by atoms with Crippen molar-refractivity contribution in [2.75, 3.05) is 13.2 Å². The van der Waals surface area contributed by atoms with E-state index in [0.717, 1.165) is 45.8 Å². The molecule has 0 saturated carbocycles. The third-order valence-corrected chi connectivity index (χ3v) is 10.7. The molecule has 4 aromatic carbocycles. The summed E-state index contributed by atoms with van der Waals surface area (Å²) >= 11 is 2.16. The molecule has 59 heavy (non-hydrogen) atoms. The second-order valence-corrected chi connectivity index (χ2v) is 15.6. The Morgan fingerprint density at radius 1 is 0.593 bits per heavy atom. The number of esters is 2. The van der Waals surface area contributed by atoms with Crippen LogP contribution in [-0.4, -0.2) is 36.5 Å². The average molecular weight is 907 g/mol. The van der Waals surface area contributed by atoms with Gasteiger partial charge in [0.15, 0.2) is 0 Å². The molecule has 0 spiro atoms. The molecule has 0 amide bonds. The van der Waals surface area contributed by atoms with Gasteiger partial charge in [0.1, 0.15) is 6.29 Å². The Kier molecular flexibility index (Phi) is 21.4. The summed E-state index contributed by atoms with van der Waals surface area (Å²) in [5, 5.41) is 8.99. The van der Waals surface area contributed by atoms with Crippen LogP contribution in [0.4, 0.5) is 0 Å². The summed E-state index contributed by atoms with van der Waals surface area (Å²) in [4.78, 5) is 33.3. The molecule has 0 saturated heterocycles. The number of hydrogen-bond acceptors (Lipinski definition) is 6. The van der Waals surface area contributed by atoms with Crippen molar-refractivity contribution in [3.63, 3.8) is 0 Å². The highest BCUT2D eigenvalue weighted by Gasteiger charge is 2.12. The molecular weight excluding hydrogens is 847 g/mol. The van der Waals surface area contributed by atoms with E-state index in [1.54, 1.807) is 25.1 Å². The molecule has 0 bridgehead atoms. The molecule has 310 valence electrons. The lowest BCUT2D eigenvalue weighted by Crippen LogP contribution is -2.04. The number of carbonyl (C=O) groups excluding carboxylic acids is 3. The summed E-state index contributed by atoms with van der Waals surface area (Å²) in [7, 11) is 0.